The molecule has 4 nitrogen and oxygen atoms in total. The van der Waals surface area contributed by atoms with Gasteiger partial charge < -0.3 is 10.2 Å². The summed E-state index contributed by atoms with van der Waals surface area (Å²) >= 11 is 0. The van der Waals surface area contributed by atoms with Gasteiger partial charge >= 0.3 is 6.18 Å². The lowest BCUT2D eigenvalue weighted by atomic mass is 9.78. The van der Waals surface area contributed by atoms with Gasteiger partial charge in [-0.3, -0.25) is 0 Å². The Morgan fingerprint density at radius 1 is 1.10 bits per heavy atom. The molecule has 3 heterocycles. The lowest BCUT2D eigenvalue weighted by Gasteiger charge is -2.33. The fourth-order valence-corrected chi connectivity index (χ4v) is 3.13. The molecule has 3 rings (SSSR count). The third kappa shape index (κ3) is 3.40. The lowest BCUT2D eigenvalue weighted by Crippen LogP contribution is -2.38. The summed E-state index contributed by atoms with van der Waals surface area (Å²) in [6, 6.07) is 0. The molecule has 0 unspecified atom stereocenters. The zero-order chi connectivity index (χ0) is 14.2. The van der Waals surface area contributed by atoms with Crippen molar-refractivity contribution in [2.75, 3.05) is 31.1 Å². The first-order valence-electron chi connectivity index (χ1n) is 6.84. The third-order valence-electron chi connectivity index (χ3n) is 4.36. The Labute approximate surface area is 127 Å². The fourth-order valence-electron chi connectivity index (χ4n) is 3.13. The van der Waals surface area contributed by atoms with E-state index in [0.29, 0.717) is 11.2 Å². The normalized spacial score (nSPS) is 21.4. The molecule has 2 saturated heterocycles. The largest absolute Gasteiger partial charge is 0.434 e. The highest BCUT2D eigenvalue weighted by Gasteiger charge is 2.39. The van der Waals surface area contributed by atoms with Crippen LogP contribution in [0, 0.1) is 5.41 Å². The van der Waals surface area contributed by atoms with Crippen LogP contribution in [-0.4, -0.2) is 36.1 Å². The van der Waals surface area contributed by atoms with Crippen molar-refractivity contribution in [2.24, 2.45) is 5.41 Å². The molecule has 0 amide bonds. The molecule has 0 radical (unpaired) electrons. The van der Waals surface area contributed by atoms with Crippen molar-refractivity contribution in [3.63, 3.8) is 0 Å². The van der Waals surface area contributed by atoms with E-state index in [-0.39, 0.29) is 12.4 Å². The average Bonchev–Trinajstić information content (AvgIpc) is 2.83. The van der Waals surface area contributed by atoms with E-state index in [9.17, 15) is 13.2 Å². The Morgan fingerprint density at radius 3 is 2.38 bits per heavy atom. The van der Waals surface area contributed by atoms with Crippen LogP contribution in [0.2, 0.25) is 0 Å². The van der Waals surface area contributed by atoms with E-state index >= 15 is 0 Å². The molecule has 1 N–H and O–H groups in total. The molecule has 1 aromatic rings. The smallest absolute Gasteiger partial charge is 0.355 e. The van der Waals surface area contributed by atoms with Crippen molar-refractivity contribution < 1.29 is 13.2 Å². The molecule has 0 aromatic carbocycles. The van der Waals surface area contributed by atoms with E-state index in [1.54, 1.807) is 0 Å². The van der Waals surface area contributed by atoms with Crippen LogP contribution in [0.4, 0.5) is 19.0 Å². The van der Waals surface area contributed by atoms with E-state index in [4.69, 9.17) is 0 Å². The van der Waals surface area contributed by atoms with Gasteiger partial charge in [0.15, 0.2) is 5.69 Å². The molecule has 118 valence electrons. The van der Waals surface area contributed by atoms with Crippen molar-refractivity contribution >= 4 is 18.2 Å². The van der Waals surface area contributed by atoms with Gasteiger partial charge in [0, 0.05) is 13.1 Å². The SMILES string of the molecule is Cl.FC(F)(F)c1cnc(N2CCC3(CCNCC3)C2)cn1. The Bertz CT molecular complexity index is 471. The Morgan fingerprint density at radius 2 is 1.81 bits per heavy atom. The summed E-state index contributed by atoms with van der Waals surface area (Å²) in [4.78, 5) is 9.47. The molecule has 2 fully saturated rings. The Hall–Kier alpha value is -1.08. The van der Waals surface area contributed by atoms with E-state index in [1.807, 2.05) is 0 Å². The van der Waals surface area contributed by atoms with Gasteiger partial charge in [-0.15, -0.1) is 12.4 Å². The van der Waals surface area contributed by atoms with Crippen LogP contribution >= 0.6 is 12.4 Å². The fraction of sp³-hybridized carbons (Fsp3) is 0.692. The molecule has 1 aromatic heterocycles. The number of aromatic nitrogens is 2. The molecule has 0 saturated carbocycles. The summed E-state index contributed by atoms with van der Waals surface area (Å²) in [5.41, 5.74) is -0.632. The second kappa shape index (κ2) is 5.96. The van der Waals surface area contributed by atoms with Gasteiger partial charge in [0.25, 0.3) is 0 Å². The highest BCUT2D eigenvalue weighted by Crippen LogP contribution is 2.40. The zero-order valence-corrected chi connectivity index (χ0v) is 12.3. The van der Waals surface area contributed by atoms with E-state index in [2.05, 4.69) is 20.2 Å². The Kier molecular flexibility index (Phi) is 4.63. The van der Waals surface area contributed by atoms with Crippen molar-refractivity contribution in [2.45, 2.75) is 25.4 Å². The maximum atomic E-state index is 12.5. The number of anilines is 1. The molecule has 2 aliphatic rings. The quantitative estimate of drug-likeness (QED) is 0.862. The van der Waals surface area contributed by atoms with Crippen molar-refractivity contribution in [3.8, 4) is 0 Å². The van der Waals surface area contributed by atoms with Crippen molar-refractivity contribution in [1.82, 2.24) is 15.3 Å². The predicted molar refractivity (Wildman–Crippen MR) is 75.6 cm³/mol. The maximum Gasteiger partial charge on any atom is 0.434 e. The number of nitrogens with zero attached hydrogens (tertiary/aromatic N) is 3. The minimum atomic E-state index is -4.42. The summed E-state index contributed by atoms with van der Waals surface area (Å²) in [5, 5.41) is 3.34. The number of alkyl halides is 3. The van der Waals surface area contributed by atoms with E-state index < -0.39 is 11.9 Å². The number of hydrogen-bond donors (Lipinski definition) is 1. The maximum absolute atomic E-state index is 12.5. The predicted octanol–water partition coefficient (Wildman–Crippen LogP) is 2.50. The lowest BCUT2D eigenvalue weighted by molar-refractivity contribution is -0.141. The van der Waals surface area contributed by atoms with E-state index in [1.165, 1.54) is 6.20 Å². The topological polar surface area (TPSA) is 41.1 Å². The first-order chi connectivity index (χ1) is 9.49. The second-order valence-electron chi connectivity index (χ2n) is 5.68. The summed E-state index contributed by atoms with van der Waals surface area (Å²) in [5.74, 6) is 0.549. The molecule has 0 atom stereocenters. The summed E-state index contributed by atoms with van der Waals surface area (Å²) in [6.45, 7) is 3.76. The number of rotatable bonds is 1. The third-order valence-corrected chi connectivity index (χ3v) is 4.36. The molecule has 8 heteroatoms. The number of nitrogens with one attached hydrogen (secondary N) is 1. The van der Waals surface area contributed by atoms with Gasteiger partial charge in [0.1, 0.15) is 5.82 Å². The van der Waals surface area contributed by atoms with Gasteiger partial charge in [-0.05, 0) is 37.8 Å². The van der Waals surface area contributed by atoms with Crippen LogP contribution in [0.15, 0.2) is 12.4 Å². The molecule has 1 spiro atoms. The van der Waals surface area contributed by atoms with Crippen LogP contribution in [0.1, 0.15) is 25.0 Å². The number of hydrogen-bond acceptors (Lipinski definition) is 4. The van der Waals surface area contributed by atoms with Gasteiger partial charge in [-0.2, -0.15) is 13.2 Å². The van der Waals surface area contributed by atoms with Crippen molar-refractivity contribution in [3.05, 3.63) is 18.1 Å². The summed E-state index contributed by atoms with van der Waals surface area (Å²) in [7, 11) is 0. The summed E-state index contributed by atoms with van der Waals surface area (Å²) < 4.78 is 37.4. The number of piperidine rings is 1. The molecular weight excluding hydrogens is 305 g/mol. The first kappa shape index (κ1) is 16.3. The van der Waals surface area contributed by atoms with Crippen LogP contribution < -0.4 is 10.2 Å². The minimum absolute atomic E-state index is 0. The Balaban J connectivity index is 0.00000161. The molecule has 21 heavy (non-hydrogen) atoms. The summed E-state index contributed by atoms with van der Waals surface area (Å²) in [6.07, 6.45) is 0.963. The standard InChI is InChI=1S/C13H17F3N4.ClH/c14-13(15,16)10-7-19-11(8-18-10)20-6-3-12(9-20)1-4-17-5-2-12;/h7-8,17H,1-6,9H2;1H. The molecular formula is C13H18ClF3N4. The monoisotopic (exact) mass is 322 g/mol. The molecule has 0 aliphatic carbocycles. The first-order valence-corrected chi connectivity index (χ1v) is 6.84. The highest BCUT2D eigenvalue weighted by molar-refractivity contribution is 5.85. The van der Waals surface area contributed by atoms with Crippen molar-refractivity contribution in [1.29, 1.82) is 0 Å². The number of halogens is 4. The van der Waals surface area contributed by atoms with E-state index in [0.717, 1.165) is 51.6 Å². The van der Waals surface area contributed by atoms with Gasteiger partial charge in [0.2, 0.25) is 0 Å². The van der Waals surface area contributed by atoms with Gasteiger partial charge in [0.05, 0.1) is 12.4 Å². The van der Waals surface area contributed by atoms with Crippen LogP contribution in [0.5, 0.6) is 0 Å². The average molecular weight is 323 g/mol. The van der Waals surface area contributed by atoms with Crippen LogP contribution in [0.25, 0.3) is 0 Å². The zero-order valence-electron chi connectivity index (χ0n) is 11.5. The van der Waals surface area contributed by atoms with Gasteiger partial charge in [-0.1, -0.05) is 0 Å². The van der Waals surface area contributed by atoms with Gasteiger partial charge in [-0.25, -0.2) is 9.97 Å². The molecule has 0 bridgehead atoms. The second-order valence-corrected chi connectivity index (χ2v) is 5.68. The van der Waals surface area contributed by atoms with Crippen LogP contribution in [0.3, 0.4) is 0 Å². The van der Waals surface area contributed by atoms with Crippen LogP contribution in [-0.2, 0) is 6.18 Å². The highest BCUT2D eigenvalue weighted by atomic mass is 35.5. The minimum Gasteiger partial charge on any atom is -0.355 e. The molecule has 2 aliphatic heterocycles.